The summed E-state index contributed by atoms with van der Waals surface area (Å²) in [5, 5.41) is 4.41. The predicted molar refractivity (Wildman–Crippen MR) is 72.3 cm³/mol. The van der Waals surface area contributed by atoms with E-state index in [2.05, 4.69) is 17.0 Å². The molecule has 0 aliphatic carbocycles. The van der Waals surface area contributed by atoms with Crippen molar-refractivity contribution >= 4 is 11.5 Å². The summed E-state index contributed by atoms with van der Waals surface area (Å²) in [6, 6.07) is 12.1. The van der Waals surface area contributed by atoms with Gasteiger partial charge in [0.05, 0.1) is 11.2 Å². The Hall–Kier alpha value is -2.36. The number of nitrogen functional groups attached to an aromatic ring is 1. The highest BCUT2D eigenvalue weighted by Crippen LogP contribution is 2.27. The molecule has 0 atom stereocenters. The lowest BCUT2D eigenvalue weighted by Crippen LogP contribution is -2.00. The summed E-state index contributed by atoms with van der Waals surface area (Å²) in [5.74, 6) is 0.427. The molecule has 4 heteroatoms. The predicted octanol–water partition coefficient (Wildman–Crippen LogP) is 2.60. The first kappa shape index (κ1) is 10.8. The van der Waals surface area contributed by atoms with E-state index in [1.807, 2.05) is 43.3 Å². The monoisotopic (exact) mass is 238 g/mol. The highest BCUT2D eigenvalue weighted by atomic mass is 15.3. The van der Waals surface area contributed by atoms with E-state index in [1.54, 1.807) is 4.52 Å². The molecule has 0 aliphatic rings. The molecule has 18 heavy (non-hydrogen) atoms. The van der Waals surface area contributed by atoms with E-state index in [1.165, 1.54) is 0 Å². The molecule has 0 unspecified atom stereocenters. The van der Waals surface area contributed by atoms with Crippen LogP contribution in [0.3, 0.4) is 0 Å². The lowest BCUT2D eigenvalue weighted by atomic mass is 10.1. The summed E-state index contributed by atoms with van der Waals surface area (Å²) in [5.41, 5.74) is 10.9. The summed E-state index contributed by atoms with van der Waals surface area (Å²) in [6.07, 6.45) is 0. The standard InChI is InChI=1S/C14H14N4/c1-9-8-10(2)17-18-13(9)12(16-14(18)15)11-6-4-3-5-7-11/h3-8H,1-2H3,(H2,15,16). The van der Waals surface area contributed by atoms with Gasteiger partial charge < -0.3 is 5.73 Å². The van der Waals surface area contributed by atoms with E-state index in [-0.39, 0.29) is 0 Å². The molecule has 0 saturated heterocycles. The number of imidazole rings is 1. The van der Waals surface area contributed by atoms with Gasteiger partial charge in [-0.15, -0.1) is 0 Å². The van der Waals surface area contributed by atoms with E-state index < -0.39 is 0 Å². The number of aryl methyl sites for hydroxylation is 2. The summed E-state index contributed by atoms with van der Waals surface area (Å²) >= 11 is 0. The first-order valence-electron chi connectivity index (χ1n) is 5.84. The lowest BCUT2D eigenvalue weighted by Gasteiger charge is -2.03. The zero-order chi connectivity index (χ0) is 12.7. The second-order valence-corrected chi connectivity index (χ2v) is 4.41. The van der Waals surface area contributed by atoms with Crippen LogP contribution in [-0.4, -0.2) is 14.6 Å². The summed E-state index contributed by atoms with van der Waals surface area (Å²) in [4.78, 5) is 4.44. The molecule has 0 spiro atoms. The molecule has 0 fully saturated rings. The van der Waals surface area contributed by atoms with Crippen molar-refractivity contribution in [1.29, 1.82) is 0 Å². The number of aromatic nitrogens is 3. The van der Waals surface area contributed by atoms with Crippen molar-refractivity contribution in [3.05, 3.63) is 47.7 Å². The van der Waals surface area contributed by atoms with Gasteiger partial charge in [0.1, 0.15) is 5.69 Å². The van der Waals surface area contributed by atoms with E-state index in [0.29, 0.717) is 5.95 Å². The second-order valence-electron chi connectivity index (χ2n) is 4.41. The smallest absolute Gasteiger partial charge is 0.222 e. The zero-order valence-corrected chi connectivity index (χ0v) is 10.4. The second kappa shape index (κ2) is 3.84. The van der Waals surface area contributed by atoms with Gasteiger partial charge in [0.2, 0.25) is 5.95 Å². The molecule has 2 N–H and O–H groups in total. The molecule has 3 aromatic rings. The van der Waals surface area contributed by atoms with Crippen molar-refractivity contribution in [3.8, 4) is 11.3 Å². The topological polar surface area (TPSA) is 56.2 Å². The van der Waals surface area contributed by atoms with Gasteiger partial charge in [0.15, 0.2) is 0 Å². The third-order valence-corrected chi connectivity index (χ3v) is 2.98. The van der Waals surface area contributed by atoms with Crippen LogP contribution in [0.2, 0.25) is 0 Å². The minimum atomic E-state index is 0.427. The average molecular weight is 238 g/mol. The van der Waals surface area contributed by atoms with Gasteiger partial charge in [-0.25, -0.2) is 4.98 Å². The molecule has 0 saturated carbocycles. The van der Waals surface area contributed by atoms with Crippen LogP contribution in [0, 0.1) is 13.8 Å². The van der Waals surface area contributed by atoms with Crippen LogP contribution in [0.4, 0.5) is 5.95 Å². The van der Waals surface area contributed by atoms with Crippen LogP contribution in [0.25, 0.3) is 16.8 Å². The molecule has 2 aromatic heterocycles. The lowest BCUT2D eigenvalue weighted by molar-refractivity contribution is 0.899. The molecule has 3 rings (SSSR count). The van der Waals surface area contributed by atoms with Crippen LogP contribution in [0.5, 0.6) is 0 Å². The SMILES string of the molecule is Cc1cc(C)c2c(-c3ccccc3)nc(N)n2n1. The zero-order valence-electron chi connectivity index (χ0n) is 10.4. The van der Waals surface area contributed by atoms with Gasteiger partial charge in [0.25, 0.3) is 0 Å². The first-order chi connectivity index (χ1) is 8.66. The van der Waals surface area contributed by atoms with E-state index >= 15 is 0 Å². The number of hydrogen-bond acceptors (Lipinski definition) is 3. The Morgan fingerprint density at radius 1 is 1.11 bits per heavy atom. The Bertz CT molecular complexity index is 713. The Kier molecular flexibility index (Phi) is 2.30. The molecule has 1 aromatic carbocycles. The van der Waals surface area contributed by atoms with Gasteiger partial charge in [0, 0.05) is 5.56 Å². The van der Waals surface area contributed by atoms with Crippen molar-refractivity contribution in [3.63, 3.8) is 0 Å². The van der Waals surface area contributed by atoms with Crippen molar-refractivity contribution in [2.75, 3.05) is 5.73 Å². The minimum Gasteiger partial charge on any atom is -0.368 e. The fourth-order valence-corrected chi connectivity index (χ4v) is 2.25. The molecular weight excluding hydrogens is 224 g/mol. The maximum absolute atomic E-state index is 5.94. The Morgan fingerprint density at radius 3 is 2.56 bits per heavy atom. The van der Waals surface area contributed by atoms with Crippen LogP contribution in [-0.2, 0) is 0 Å². The van der Waals surface area contributed by atoms with Gasteiger partial charge >= 0.3 is 0 Å². The Morgan fingerprint density at radius 2 is 1.83 bits per heavy atom. The number of fused-ring (bicyclic) bond motifs is 1. The molecular formula is C14H14N4. The number of benzene rings is 1. The number of nitrogens with zero attached hydrogens (tertiary/aromatic N) is 3. The normalized spacial score (nSPS) is 11.0. The number of rotatable bonds is 1. The quantitative estimate of drug-likeness (QED) is 0.709. The van der Waals surface area contributed by atoms with Crippen molar-refractivity contribution in [2.24, 2.45) is 0 Å². The third-order valence-electron chi connectivity index (χ3n) is 2.98. The van der Waals surface area contributed by atoms with Gasteiger partial charge in [-0.2, -0.15) is 9.61 Å². The third kappa shape index (κ3) is 1.54. The largest absolute Gasteiger partial charge is 0.368 e. The highest BCUT2D eigenvalue weighted by Gasteiger charge is 2.14. The number of nitrogens with two attached hydrogens (primary N) is 1. The average Bonchev–Trinajstić information content (AvgIpc) is 2.68. The van der Waals surface area contributed by atoms with Gasteiger partial charge in [-0.3, -0.25) is 0 Å². The maximum Gasteiger partial charge on any atom is 0.222 e. The van der Waals surface area contributed by atoms with E-state index in [9.17, 15) is 0 Å². The van der Waals surface area contributed by atoms with Crippen LogP contribution in [0.15, 0.2) is 36.4 Å². The number of anilines is 1. The van der Waals surface area contributed by atoms with Crippen molar-refractivity contribution in [1.82, 2.24) is 14.6 Å². The molecule has 4 nitrogen and oxygen atoms in total. The fourth-order valence-electron chi connectivity index (χ4n) is 2.25. The summed E-state index contributed by atoms with van der Waals surface area (Å²) < 4.78 is 1.72. The Labute approximate surface area is 105 Å². The van der Waals surface area contributed by atoms with Gasteiger partial charge in [-0.05, 0) is 25.5 Å². The molecule has 0 amide bonds. The molecule has 0 aliphatic heterocycles. The molecule has 2 heterocycles. The first-order valence-corrected chi connectivity index (χ1v) is 5.84. The van der Waals surface area contributed by atoms with Crippen LogP contribution < -0.4 is 5.73 Å². The molecule has 90 valence electrons. The van der Waals surface area contributed by atoms with Crippen molar-refractivity contribution < 1.29 is 0 Å². The summed E-state index contributed by atoms with van der Waals surface area (Å²) in [7, 11) is 0. The van der Waals surface area contributed by atoms with E-state index in [4.69, 9.17) is 5.73 Å². The van der Waals surface area contributed by atoms with E-state index in [0.717, 1.165) is 28.0 Å². The van der Waals surface area contributed by atoms with Gasteiger partial charge in [-0.1, -0.05) is 30.3 Å². The van der Waals surface area contributed by atoms with Crippen molar-refractivity contribution in [2.45, 2.75) is 13.8 Å². The maximum atomic E-state index is 5.94. The number of hydrogen-bond donors (Lipinski definition) is 1. The minimum absolute atomic E-state index is 0.427. The molecule has 0 bridgehead atoms. The fraction of sp³-hybridized carbons (Fsp3) is 0.143. The highest BCUT2D eigenvalue weighted by molar-refractivity contribution is 5.81. The van der Waals surface area contributed by atoms with Crippen LogP contribution >= 0.6 is 0 Å². The van der Waals surface area contributed by atoms with Crippen LogP contribution in [0.1, 0.15) is 11.3 Å². The summed E-state index contributed by atoms with van der Waals surface area (Å²) in [6.45, 7) is 4.01. The Balaban J connectivity index is 2.38. The molecule has 0 radical (unpaired) electrons.